The van der Waals surface area contributed by atoms with Crippen molar-refractivity contribution in [3.05, 3.63) is 77.5 Å². The topological polar surface area (TPSA) is 50.2 Å². The third kappa shape index (κ3) is 4.97. The molecule has 0 saturated heterocycles. The van der Waals surface area contributed by atoms with Gasteiger partial charge in [-0.05, 0) is 53.1 Å². The van der Waals surface area contributed by atoms with Crippen molar-refractivity contribution >= 4 is 5.97 Å². The predicted molar refractivity (Wildman–Crippen MR) is 96.5 cm³/mol. The molecule has 30 heavy (non-hydrogen) atoms. The Labute approximate surface area is 166 Å². The number of hydrogen-bond donors (Lipinski definition) is 1. The lowest BCUT2D eigenvalue weighted by Gasteiger charge is -2.12. The zero-order valence-electron chi connectivity index (χ0n) is 15.1. The van der Waals surface area contributed by atoms with Crippen LogP contribution in [-0.4, -0.2) is 16.1 Å². The van der Waals surface area contributed by atoms with Gasteiger partial charge in [0.25, 0.3) is 0 Å². The monoisotopic (exact) mass is 425 g/mol. The van der Waals surface area contributed by atoms with Gasteiger partial charge in [-0.1, -0.05) is 24.3 Å². The summed E-state index contributed by atoms with van der Waals surface area (Å²) in [5.74, 6) is -1.16. The summed E-state index contributed by atoms with van der Waals surface area (Å²) in [5.41, 5.74) is -0.804. The van der Waals surface area contributed by atoms with E-state index in [4.69, 9.17) is 5.11 Å². The summed E-state index contributed by atoms with van der Waals surface area (Å²) >= 11 is 0. The van der Waals surface area contributed by atoms with Crippen LogP contribution < -0.4 is 0 Å². The fourth-order valence-electron chi connectivity index (χ4n) is 2.89. The number of pyridine rings is 1. The van der Waals surface area contributed by atoms with Crippen molar-refractivity contribution in [1.29, 1.82) is 0 Å². The lowest BCUT2D eigenvalue weighted by Crippen LogP contribution is -2.08. The molecule has 2 aromatic carbocycles. The minimum Gasteiger partial charge on any atom is -0.481 e. The maximum absolute atomic E-state index is 13.0. The van der Waals surface area contributed by atoms with E-state index in [2.05, 4.69) is 4.98 Å². The zero-order valence-corrected chi connectivity index (χ0v) is 15.1. The Balaban J connectivity index is 2.10. The second-order valence-corrected chi connectivity index (χ2v) is 6.47. The molecule has 0 radical (unpaired) electrons. The van der Waals surface area contributed by atoms with Crippen LogP contribution in [0.15, 0.2) is 60.7 Å². The van der Waals surface area contributed by atoms with Crippen LogP contribution in [0.5, 0.6) is 0 Å². The third-order valence-electron chi connectivity index (χ3n) is 4.23. The Morgan fingerprint density at radius 2 is 1.43 bits per heavy atom. The van der Waals surface area contributed by atoms with Gasteiger partial charge in [-0.25, -0.2) is 4.98 Å². The van der Waals surface area contributed by atoms with E-state index in [9.17, 15) is 31.1 Å². The first-order valence-corrected chi connectivity index (χ1v) is 8.51. The summed E-state index contributed by atoms with van der Waals surface area (Å²) in [6.45, 7) is 0. The Morgan fingerprint density at radius 3 is 2.00 bits per heavy atom. The highest BCUT2D eigenvalue weighted by Gasteiger charge is 2.32. The second-order valence-electron chi connectivity index (χ2n) is 6.47. The Morgan fingerprint density at radius 1 is 0.800 bits per heavy atom. The Kier molecular flexibility index (Phi) is 5.56. The number of aromatic nitrogens is 1. The van der Waals surface area contributed by atoms with E-state index in [0.29, 0.717) is 11.1 Å². The molecule has 156 valence electrons. The van der Waals surface area contributed by atoms with Crippen LogP contribution >= 0.6 is 0 Å². The summed E-state index contributed by atoms with van der Waals surface area (Å²) in [5, 5.41) is 9.08. The van der Waals surface area contributed by atoms with E-state index in [1.54, 1.807) is 0 Å². The molecule has 0 aliphatic carbocycles. The number of aliphatic carboxylic acids is 1. The lowest BCUT2D eigenvalue weighted by atomic mass is 9.96. The van der Waals surface area contributed by atoms with E-state index in [-0.39, 0.29) is 16.8 Å². The fourth-order valence-corrected chi connectivity index (χ4v) is 2.89. The largest absolute Gasteiger partial charge is 0.481 e. The van der Waals surface area contributed by atoms with Gasteiger partial charge in [0.1, 0.15) is 5.69 Å². The maximum atomic E-state index is 13.0. The molecular formula is C21H13F6NO2. The zero-order chi connectivity index (χ0) is 22.1. The average Bonchev–Trinajstić information content (AvgIpc) is 2.66. The highest BCUT2D eigenvalue weighted by Crippen LogP contribution is 2.34. The summed E-state index contributed by atoms with van der Waals surface area (Å²) in [4.78, 5) is 14.7. The molecule has 3 rings (SSSR count). The number of carboxylic acids is 1. The number of alkyl halides is 6. The minimum atomic E-state index is -4.66. The van der Waals surface area contributed by atoms with Gasteiger partial charge in [0.05, 0.1) is 17.7 Å². The third-order valence-corrected chi connectivity index (χ3v) is 4.23. The molecule has 1 N–H and O–H groups in total. The Bertz CT molecular complexity index is 1070. The molecule has 0 fully saturated rings. The molecule has 0 saturated carbocycles. The van der Waals surface area contributed by atoms with Gasteiger partial charge < -0.3 is 5.11 Å². The number of halogens is 6. The highest BCUT2D eigenvalue weighted by molar-refractivity contribution is 5.76. The van der Waals surface area contributed by atoms with Gasteiger partial charge in [-0.15, -0.1) is 0 Å². The molecule has 0 bridgehead atoms. The molecule has 9 heteroatoms. The van der Waals surface area contributed by atoms with Crippen LogP contribution in [0.1, 0.15) is 16.8 Å². The molecule has 0 amide bonds. The fraction of sp³-hybridized carbons (Fsp3) is 0.143. The summed E-state index contributed by atoms with van der Waals surface area (Å²) in [7, 11) is 0. The summed E-state index contributed by atoms with van der Waals surface area (Å²) < 4.78 is 77.3. The van der Waals surface area contributed by atoms with Crippen molar-refractivity contribution in [3.8, 4) is 22.4 Å². The molecule has 1 heterocycles. The molecule has 1 aromatic heterocycles. The predicted octanol–water partition coefficient (Wildman–Crippen LogP) is 6.08. The number of hydrogen-bond acceptors (Lipinski definition) is 2. The second kappa shape index (κ2) is 7.81. The SMILES string of the molecule is O=C(O)Cc1cc(-c2ccc(C(F)(F)F)cc2)cc(-c2cccc(C(F)(F)F)n2)c1. The first-order chi connectivity index (χ1) is 13.9. The first kappa shape index (κ1) is 21.4. The van der Waals surface area contributed by atoms with Crippen LogP contribution in [0.3, 0.4) is 0 Å². The number of nitrogens with zero attached hydrogens (tertiary/aromatic N) is 1. The van der Waals surface area contributed by atoms with Gasteiger partial charge >= 0.3 is 18.3 Å². The molecule has 0 spiro atoms. The smallest absolute Gasteiger partial charge is 0.433 e. The molecular weight excluding hydrogens is 412 g/mol. The molecule has 0 aliphatic heterocycles. The van der Waals surface area contributed by atoms with Crippen molar-refractivity contribution < 1.29 is 36.2 Å². The lowest BCUT2D eigenvalue weighted by molar-refractivity contribution is -0.141. The molecule has 0 aliphatic rings. The van der Waals surface area contributed by atoms with Gasteiger partial charge in [0.2, 0.25) is 0 Å². The minimum absolute atomic E-state index is 0.0368. The van der Waals surface area contributed by atoms with Crippen molar-refractivity contribution in [3.63, 3.8) is 0 Å². The number of rotatable bonds is 4. The normalized spacial score (nSPS) is 12.1. The van der Waals surface area contributed by atoms with Gasteiger partial charge in [0, 0.05) is 5.56 Å². The number of benzene rings is 2. The van der Waals surface area contributed by atoms with Crippen LogP contribution in [0.2, 0.25) is 0 Å². The average molecular weight is 425 g/mol. The van der Waals surface area contributed by atoms with E-state index in [0.717, 1.165) is 18.2 Å². The maximum Gasteiger partial charge on any atom is 0.433 e. The van der Waals surface area contributed by atoms with Crippen LogP contribution in [0.4, 0.5) is 26.3 Å². The van der Waals surface area contributed by atoms with Crippen molar-refractivity contribution in [2.75, 3.05) is 0 Å². The molecule has 0 atom stereocenters. The molecule has 3 nitrogen and oxygen atoms in total. The van der Waals surface area contributed by atoms with Crippen molar-refractivity contribution in [2.45, 2.75) is 18.8 Å². The van der Waals surface area contributed by atoms with E-state index < -0.39 is 36.0 Å². The van der Waals surface area contributed by atoms with Crippen LogP contribution in [-0.2, 0) is 23.6 Å². The molecule has 0 unspecified atom stereocenters. The van der Waals surface area contributed by atoms with Gasteiger partial charge in [0.15, 0.2) is 0 Å². The standard InChI is InChI=1S/C21H13F6NO2/c22-20(23,24)16-6-4-13(5-7-16)14-8-12(10-19(29)30)9-15(11-14)17-2-1-3-18(28-17)21(25,26)27/h1-9,11H,10H2,(H,29,30). The quantitative estimate of drug-likeness (QED) is 0.516. The van der Waals surface area contributed by atoms with Gasteiger partial charge in [-0.3, -0.25) is 4.79 Å². The van der Waals surface area contributed by atoms with E-state index >= 15 is 0 Å². The first-order valence-electron chi connectivity index (χ1n) is 8.51. The number of carbonyl (C=O) groups is 1. The number of carboxylic acid groups (broad SMARTS) is 1. The molecule has 3 aromatic rings. The van der Waals surface area contributed by atoms with Crippen LogP contribution in [0.25, 0.3) is 22.4 Å². The van der Waals surface area contributed by atoms with E-state index in [1.165, 1.54) is 42.5 Å². The summed E-state index contributed by atoms with van der Waals surface area (Å²) in [6, 6.07) is 11.8. The Hall–Kier alpha value is -3.36. The van der Waals surface area contributed by atoms with Crippen molar-refractivity contribution in [1.82, 2.24) is 4.98 Å². The highest BCUT2D eigenvalue weighted by atomic mass is 19.4. The van der Waals surface area contributed by atoms with E-state index in [1.807, 2.05) is 0 Å². The van der Waals surface area contributed by atoms with Crippen LogP contribution in [0, 0.1) is 0 Å². The summed E-state index contributed by atoms with van der Waals surface area (Å²) in [6.07, 6.45) is -9.60. The van der Waals surface area contributed by atoms with Gasteiger partial charge in [-0.2, -0.15) is 26.3 Å². The van der Waals surface area contributed by atoms with Crippen molar-refractivity contribution in [2.24, 2.45) is 0 Å².